The second-order valence-electron chi connectivity index (χ2n) is 2.49. The molecule has 0 unspecified atom stereocenters. The van der Waals surface area contributed by atoms with Crippen molar-refractivity contribution >= 4 is 35.5 Å². The molecule has 0 aromatic heterocycles. The summed E-state index contributed by atoms with van der Waals surface area (Å²) in [4.78, 5) is 10.3. The first kappa shape index (κ1) is 13.2. The van der Waals surface area contributed by atoms with Crippen molar-refractivity contribution in [3.05, 3.63) is 23.8 Å². The minimum absolute atomic E-state index is 0. The van der Waals surface area contributed by atoms with E-state index in [4.69, 9.17) is 20.4 Å². The second-order valence-corrected chi connectivity index (χ2v) is 2.49. The molecule has 0 amide bonds. The molecule has 14 heavy (non-hydrogen) atoms. The van der Waals surface area contributed by atoms with Crippen molar-refractivity contribution in [1.82, 2.24) is 0 Å². The van der Waals surface area contributed by atoms with E-state index >= 15 is 0 Å². The van der Waals surface area contributed by atoms with E-state index < -0.39 is 17.8 Å². The van der Waals surface area contributed by atoms with Gasteiger partial charge in [0.15, 0.2) is 17.6 Å². The summed E-state index contributed by atoms with van der Waals surface area (Å²) < 4.78 is 0. The van der Waals surface area contributed by atoms with Crippen molar-refractivity contribution < 1.29 is 25.2 Å². The topological polar surface area (TPSA) is 98.0 Å². The maximum atomic E-state index is 10.3. The zero-order valence-electron chi connectivity index (χ0n) is 6.51. The average Bonchev–Trinajstić information content (AvgIpc) is 2.08. The number of phenols is 2. The molecule has 0 saturated carbocycles. The summed E-state index contributed by atoms with van der Waals surface area (Å²) in [5, 5.41) is 35.3. The van der Waals surface area contributed by atoms with Gasteiger partial charge in [-0.15, -0.1) is 0 Å². The van der Waals surface area contributed by atoms with Crippen LogP contribution in [0.3, 0.4) is 0 Å². The molecule has 1 aromatic rings. The van der Waals surface area contributed by atoms with E-state index in [0.717, 1.165) is 12.1 Å². The van der Waals surface area contributed by atoms with E-state index in [1.54, 1.807) is 0 Å². The zero-order valence-corrected chi connectivity index (χ0v) is 6.51. The van der Waals surface area contributed by atoms with E-state index in [0.29, 0.717) is 0 Å². The van der Waals surface area contributed by atoms with Gasteiger partial charge in [0, 0.05) is 0 Å². The molecule has 1 aromatic carbocycles. The van der Waals surface area contributed by atoms with E-state index in [-0.39, 0.29) is 40.9 Å². The summed E-state index contributed by atoms with van der Waals surface area (Å²) in [6.45, 7) is 0. The van der Waals surface area contributed by atoms with Gasteiger partial charge in [0.25, 0.3) is 0 Å². The van der Waals surface area contributed by atoms with Crippen LogP contribution in [0.2, 0.25) is 0 Å². The Morgan fingerprint density at radius 2 is 1.79 bits per heavy atom. The number of hydrogen-bond donors (Lipinski definition) is 4. The van der Waals surface area contributed by atoms with Gasteiger partial charge < -0.3 is 20.4 Å². The van der Waals surface area contributed by atoms with Crippen LogP contribution in [0.4, 0.5) is 0 Å². The summed E-state index contributed by atoms with van der Waals surface area (Å²) >= 11 is 0. The number of benzene rings is 1. The predicted octanol–water partition coefficient (Wildman–Crippen LogP) is -0.433. The van der Waals surface area contributed by atoms with Crippen LogP contribution in [-0.4, -0.2) is 56.0 Å². The first-order valence-corrected chi connectivity index (χ1v) is 3.45. The fraction of sp³-hybridized carbons (Fsp3) is 0.125. The molecule has 0 saturated heterocycles. The van der Waals surface area contributed by atoms with E-state index in [9.17, 15) is 4.79 Å². The van der Waals surface area contributed by atoms with Crippen molar-refractivity contribution in [3.8, 4) is 11.5 Å². The molecule has 0 heterocycles. The number of aliphatic hydroxyl groups excluding tert-OH is 1. The molecule has 1 atom stereocenters. The zero-order chi connectivity index (χ0) is 10.0. The Kier molecular flexibility index (Phi) is 4.93. The molecule has 0 aliphatic carbocycles. The van der Waals surface area contributed by atoms with Gasteiger partial charge in [-0.05, 0) is 17.7 Å². The molecule has 0 aliphatic rings. The Hall–Kier alpha value is -0.750. The van der Waals surface area contributed by atoms with E-state index in [2.05, 4.69) is 0 Å². The number of aliphatic carboxylic acids is 1. The van der Waals surface area contributed by atoms with Crippen molar-refractivity contribution in [2.75, 3.05) is 0 Å². The number of hydrogen-bond acceptors (Lipinski definition) is 4. The van der Waals surface area contributed by atoms with E-state index in [1.807, 2.05) is 0 Å². The summed E-state index contributed by atoms with van der Waals surface area (Å²) in [6.07, 6.45) is -1.69. The molecule has 0 fully saturated rings. The molecule has 0 radical (unpaired) electrons. The molecule has 0 aliphatic heterocycles. The SMILES string of the molecule is O=C(O)[C@H](O)c1ccc(O)c(O)c1.[NaH]. The van der Waals surface area contributed by atoms with Crippen molar-refractivity contribution in [1.29, 1.82) is 0 Å². The Bertz CT molecular complexity index is 339. The van der Waals surface area contributed by atoms with Gasteiger partial charge >= 0.3 is 35.5 Å². The maximum absolute atomic E-state index is 10.3. The minimum atomic E-state index is -1.69. The molecule has 0 bridgehead atoms. The third kappa shape index (κ3) is 2.88. The Labute approximate surface area is 102 Å². The quantitative estimate of drug-likeness (QED) is 0.390. The van der Waals surface area contributed by atoms with Crippen LogP contribution in [0, 0.1) is 0 Å². The number of carboxylic acid groups (broad SMARTS) is 1. The normalized spacial score (nSPS) is 11.5. The molecule has 1 rings (SSSR count). The van der Waals surface area contributed by atoms with Crippen LogP contribution >= 0.6 is 0 Å². The molecule has 5 nitrogen and oxygen atoms in total. The van der Waals surface area contributed by atoms with Crippen molar-refractivity contribution in [3.63, 3.8) is 0 Å². The van der Waals surface area contributed by atoms with Gasteiger partial charge in [-0.3, -0.25) is 0 Å². The predicted molar refractivity (Wildman–Crippen MR) is 49.5 cm³/mol. The number of carbonyl (C=O) groups is 1. The van der Waals surface area contributed by atoms with Crippen LogP contribution < -0.4 is 0 Å². The first-order valence-electron chi connectivity index (χ1n) is 3.45. The molecule has 6 heteroatoms. The fourth-order valence-corrected chi connectivity index (χ4v) is 0.853. The number of rotatable bonds is 2. The number of aromatic hydroxyl groups is 2. The van der Waals surface area contributed by atoms with Gasteiger partial charge in [0.1, 0.15) is 0 Å². The summed E-state index contributed by atoms with van der Waals surface area (Å²) in [5.74, 6) is -2.23. The third-order valence-corrected chi connectivity index (χ3v) is 1.55. The van der Waals surface area contributed by atoms with Gasteiger partial charge in [0.05, 0.1) is 0 Å². The molecule has 72 valence electrons. The van der Waals surface area contributed by atoms with Gasteiger partial charge in [-0.2, -0.15) is 0 Å². The van der Waals surface area contributed by atoms with Crippen molar-refractivity contribution in [2.24, 2.45) is 0 Å². The molecular formula is C8H9NaO5. The van der Waals surface area contributed by atoms with Gasteiger partial charge in [0.2, 0.25) is 0 Å². The van der Waals surface area contributed by atoms with Crippen molar-refractivity contribution in [2.45, 2.75) is 6.10 Å². The summed E-state index contributed by atoms with van der Waals surface area (Å²) in [5.41, 5.74) is 0.0165. The molecular weight excluding hydrogens is 199 g/mol. The third-order valence-electron chi connectivity index (χ3n) is 1.55. The van der Waals surface area contributed by atoms with Crippen LogP contribution in [0.1, 0.15) is 11.7 Å². The van der Waals surface area contributed by atoms with Crippen LogP contribution in [0.15, 0.2) is 18.2 Å². The molecule has 4 N–H and O–H groups in total. The molecule has 0 spiro atoms. The van der Waals surface area contributed by atoms with Crippen LogP contribution in [-0.2, 0) is 4.79 Å². The first-order chi connectivity index (χ1) is 6.02. The Balaban J connectivity index is 0.00000169. The summed E-state index contributed by atoms with van der Waals surface area (Å²) in [6, 6.07) is 3.32. The Morgan fingerprint density at radius 1 is 1.21 bits per heavy atom. The van der Waals surface area contributed by atoms with Crippen LogP contribution in [0.5, 0.6) is 11.5 Å². The van der Waals surface area contributed by atoms with Gasteiger partial charge in [-0.25, -0.2) is 4.79 Å². The number of aliphatic hydroxyl groups is 1. The standard InChI is InChI=1S/C8H8O5.Na.H/c9-5-2-1-4(3-6(5)10)7(11)8(12)13;;/h1-3,7,9-11H,(H,12,13);;/t7-;;/m1../s1. The van der Waals surface area contributed by atoms with E-state index in [1.165, 1.54) is 6.07 Å². The number of carboxylic acids is 1. The monoisotopic (exact) mass is 208 g/mol. The van der Waals surface area contributed by atoms with Crippen LogP contribution in [0.25, 0.3) is 0 Å². The Morgan fingerprint density at radius 3 is 2.21 bits per heavy atom. The fourth-order valence-electron chi connectivity index (χ4n) is 0.853. The average molecular weight is 208 g/mol. The summed E-state index contributed by atoms with van der Waals surface area (Å²) in [7, 11) is 0. The van der Waals surface area contributed by atoms with Gasteiger partial charge in [-0.1, -0.05) is 6.07 Å². The number of phenolic OH excluding ortho intramolecular Hbond substituents is 2. The second kappa shape index (κ2) is 5.21.